The van der Waals surface area contributed by atoms with E-state index in [-0.39, 0.29) is 22.4 Å². The standard InChI is InChI=1S/C18H14BrClN2O3S/c1-2-25-14-8-10(7-13(20)16(14)23)9-15-17(24)22-18(26-15)21-12-5-3-11(19)4-6-12/h3-9,23H,2H2,1H3,(H,21,22,24)/b15-9-. The van der Waals surface area contributed by atoms with E-state index in [1.54, 1.807) is 18.2 Å². The molecule has 2 aromatic rings. The van der Waals surface area contributed by atoms with Crippen molar-refractivity contribution < 1.29 is 14.6 Å². The van der Waals surface area contributed by atoms with Gasteiger partial charge in [0.1, 0.15) is 0 Å². The maximum atomic E-state index is 12.2. The Bertz CT molecular complexity index is 913. The highest BCUT2D eigenvalue weighted by atomic mass is 79.9. The van der Waals surface area contributed by atoms with Crippen LogP contribution in [-0.4, -0.2) is 22.8 Å². The van der Waals surface area contributed by atoms with Gasteiger partial charge in [-0.1, -0.05) is 27.5 Å². The number of aromatic hydroxyl groups is 1. The molecule has 1 aliphatic rings. The second-order valence-corrected chi connectivity index (χ2v) is 7.59. The summed E-state index contributed by atoms with van der Waals surface area (Å²) >= 11 is 10.6. The topological polar surface area (TPSA) is 70.9 Å². The lowest BCUT2D eigenvalue weighted by molar-refractivity contribution is -0.115. The molecule has 1 fully saturated rings. The lowest BCUT2D eigenvalue weighted by Crippen LogP contribution is -2.19. The number of nitrogens with one attached hydrogen (secondary N) is 1. The molecule has 1 aliphatic heterocycles. The van der Waals surface area contributed by atoms with Crippen LogP contribution in [-0.2, 0) is 4.79 Å². The third-order valence-corrected chi connectivity index (χ3v) is 5.08. The maximum Gasteiger partial charge on any atom is 0.264 e. The van der Waals surface area contributed by atoms with Gasteiger partial charge in [-0.25, -0.2) is 4.99 Å². The van der Waals surface area contributed by atoms with Crippen LogP contribution in [0.5, 0.6) is 11.5 Å². The average Bonchev–Trinajstić information content (AvgIpc) is 2.94. The van der Waals surface area contributed by atoms with Crippen molar-refractivity contribution >= 4 is 62.1 Å². The van der Waals surface area contributed by atoms with Gasteiger partial charge in [0.25, 0.3) is 5.91 Å². The molecular weight excluding hydrogens is 440 g/mol. The summed E-state index contributed by atoms with van der Waals surface area (Å²) in [6.45, 7) is 2.20. The molecule has 0 spiro atoms. The van der Waals surface area contributed by atoms with Gasteiger partial charge >= 0.3 is 0 Å². The summed E-state index contributed by atoms with van der Waals surface area (Å²) in [5.41, 5.74) is 1.39. The normalized spacial score (nSPS) is 17.0. The molecular formula is C18H14BrClN2O3S. The molecule has 3 rings (SSSR count). The molecule has 5 nitrogen and oxygen atoms in total. The smallest absolute Gasteiger partial charge is 0.264 e. The van der Waals surface area contributed by atoms with Crippen molar-refractivity contribution in [1.82, 2.24) is 5.32 Å². The zero-order valence-corrected chi connectivity index (χ0v) is 16.8. The molecule has 0 atom stereocenters. The van der Waals surface area contributed by atoms with Gasteiger partial charge in [-0.3, -0.25) is 4.79 Å². The Hall–Kier alpha value is -1.96. The van der Waals surface area contributed by atoms with Gasteiger partial charge in [0.15, 0.2) is 16.7 Å². The molecule has 0 bridgehead atoms. The van der Waals surface area contributed by atoms with Crippen LogP contribution < -0.4 is 10.1 Å². The number of nitrogens with zero attached hydrogens (tertiary/aromatic N) is 1. The summed E-state index contributed by atoms with van der Waals surface area (Å²) in [4.78, 5) is 17.1. The van der Waals surface area contributed by atoms with Crippen LogP contribution in [0.2, 0.25) is 5.02 Å². The molecule has 0 radical (unpaired) electrons. The van der Waals surface area contributed by atoms with Crippen LogP contribution in [0.15, 0.2) is 50.8 Å². The first kappa shape index (κ1) is 18.8. The molecule has 0 aliphatic carbocycles. The SMILES string of the molecule is CCOc1cc(/C=C2\SC(=Nc3ccc(Br)cc3)NC2=O)cc(Cl)c1O. The molecule has 1 amide bonds. The third kappa shape index (κ3) is 4.41. The van der Waals surface area contributed by atoms with Crippen molar-refractivity contribution in [1.29, 1.82) is 0 Å². The highest BCUT2D eigenvalue weighted by Crippen LogP contribution is 2.37. The molecule has 8 heteroatoms. The molecule has 26 heavy (non-hydrogen) atoms. The number of carbonyl (C=O) groups is 1. The lowest BCUT2D eigenvalue weighted by Gasteiger charge is -2.08. The number of rotatable bonds is 4. The fourth-order valence-electron chi connectivity index (χ4n) is 2.21. The maximum absolute atomic E-state index is 12.2. The Morgan fingerprint density at radius 2 is 2.08 bits per heavy atom. The number of phenolic OH excluding ortho intramolecular Hbond substituents is 1. The Balaban J connectivity index is 1.86. The van der Waals surface area contributed by atoms with Gasteiger partial charge in [0.2, 0.25) is 0 Å². The van der Waals surface area contributed by atoms with Gasteiger partial charge in [-0.15, -0.1) is 0 Å². The summed E-state index contributed by atoms with van der Waals surface area (Å²) < 4.78 is 6.32. The van der Waals surface area contributed by atoms with Crippen molar-refractivity contribution in [2.24, 2.45) is 4.99 Å². The van der Waals surface area contributed by atoms with Crippen molar-refractivity contribution in [2.75, 3.05) is 6.61 Å². The Kier molecular flexibility index (Phi) is 5.90. The monoisotopic (exact) mass is 452 g/mol. The highest BCUT2D eigenvalue weighted by molar-refractivity contribution is 9.10. The van der Waals surface area contributed by atoms with Crippen LogP contribution in [0.25, 0.3) is 6.08 Å². The minimum Gasteiger partial charge on any atom is -0.503 e. The van der Waals surface area contributed by atoms with Gasteiger partial charge in [0.05, 0.1) is 22.2 Å². The fourth-order valence-corrected chi connectivity index (χ4v) is 3.53. The zero-order chi connectivity index (χ0) is 18.7. The second-order valence-electron chi connectivity index (χ2n) is 5.24. The van der Waals surface area contributed by atoms with Crippen LogP contribution in [0.1, 0.15) is 12.5 Å². The summed E-state index contributed by atoms with van der Waals surface area (Å²) in [6, 6.07) is 10.7. The van der Waals surface area contributed by atoms with Crippen molar-refractivity contribution in [3.8, 4) is 11.5 Å². The molecule has 2 aromatic carbocycles. The van der Waals surface area contributed by atoms with Crippen LogP contribution in [0.3, 0.4) is 0 Å². The Morgan fingerprint density at radius 1 is 1.35 bits per heavy atom. The molecule has 134 valence electrons. The molecule has 2 N–H and O–H groups in total. The van der Waals surface area contributed by atoms with E-state index in [1.165, 1.54) is 11.8 Å². The first-order chi connectivity index (χ1) is 12.5. The highest BCUT2D eigenvalue weighted by Gasteiger charge is 2.24. The van der Waals surface area contributed by atoms with E-state index >= 15 is 0 Å². The summed E-state index contributed by atoms with van der Waals surface area (Å²) in [6.07, 6.45) is 1.68. The van der Waals surface area contributed by atoms with Crippen LogP contribution in [0, 0.1) is 0 Å². The number of hydrogen-bond acceptors (Lipinski definition) is 5. The molecule has 1 saturated heterocycles. The fraction of sp³-hybridized carbons (Fsp3) is 0.111. The lowest BCUT2D eigenvalue weighted by atomic mass is 10.2. The number of halogens is 2. The second kappa shape index (κ2) is 8.16. The molecule has 1 heterocycles. The quantitative estimate of drug-likeness (QED) is 0.632. The number of hydrogen-bond donors (Lipinski definition) is 2. The minimum atomic E-state index is -0.243. The average molecular weight is 454 g/mol. The van der Waals surface area contributed by atoms with E-state index < -0.39 is 0 Å². The number of aliphatic imine (C=N–C) groups is 1. The number of benzene rings is 2. The van der Waals surface area contributed by atoms with E-state index in [9.17, 15) is 9.90 Å². The third-order valence-electron chi connectivity index (χ3n) is 3.36. The van der Waals surface area contributed by atoms with Crippen LogP contribution in [0.4, 0.5) is 5.69 Å². The predicted octanol–water partition coefficient (Wildman–Crippen LogP) is 5.10. The van der Waals surface area contributed by atoms with Gasteiger partial charge in [0, 0.05) is 4.47 Å². The van der Waals surface area contributed by atoms with E-state index in [2.05, 4.69) is 26.2 Å². The summed E-state index contributed by atoms with van der Waals surface area (Å²) in [5, 5.41) is 13.3. The number of ether oxygens (including phenoxy) is 1. The Labute approximate surface area is 168 Å². The predicted molar refractivity (Wildman–Crippen MR) is 109 cm³/mol. The molecule has 0 aromatic heterocycles. The summed E-state index contributed by atoms with van der Waals surface area (Å²) in [5.74, 6) is -0.0799. The van der Waals surface area contributed by atoms with E-state index in [1.807, 2.05) is 31.2 Å². The van der Waals surface area contributed by atoms with E-state index in [4.69, 9.17) is 16.3 Å². The van der Waals surface area contributed by atoms with Gasteiger partial charge in [-0.2, -0.15) is 0 Å². The number of amidine groups is 1. The molecule has 0 saturated carbocycles. The number of amides is 1. The minimum absolute atomic E-state index is 0.114. The first-order valence-corrected chi connectivity index (χ1v) is 9.65. The van der Waals surface area contributed by atoms with Gasteiger partial charge < -0.3 is 15.2 Å². The zero-order valence-electron chi connectivity index (χ0n) is 13.6. The number of phenols is 1. The largest absolute Gasteiger partial charge is 0.503 e. The van der Waals surface area contributed by atoms with Gasteiger partial charge in [-0.05, 0) is 66.7 Å². The van der Waals surface area contributed by atoms with E-state index in [0.29, 0.717) is 22.2 Å². The number of thioether (sulfide) groups is 1. The van der Waals surface area contributed by atoms with Crippen molar-refractivity contribution in [3.05, 3.63) is 56.4 Å². The molecule has 0 unspecified atom stereocenters. The van der Waals surface area contributed by atoms with Crippen LogP contribution >= 0.6 is 39.3 Å². The van der Waals surface area contributed by atoms with Crippen molar-refractivity contribution in [2.45, 2.75) is 6.92 Å². The number of carbonyl (C=O) groups excluding carboxylic acids is 1. The Morgan fingerprint density at radius 3 is 2.77 bits per heavy atom. The summed E-state index contributed by atoms with van der Waals surface area (Å²) in [7, 11) is 0. The van der Waals surface area contributed by atoms with E-state index in [0.717, 1.165) is 10.2 Å². The van der Waals surface area contributed by atoms with Crippen molar-refractivity contribution in [3.63, 3.8) is 0 Å². The first-order valence-electron chi connectivity index (χ1n) is 7.66.